The van der Waals surface area contributed by atoms with Crippen LogP contribution in [0.2, 0.25) is 0 Å². The number of carbonyl (C=O) groups is 1. The van der Waals surface area contributed by atoms with Gasteiger partial charge in [0.2, 0.25) is 0 Å². The van der Waals surface area contributed by atoms with E-state index >= 15 is 0 Å². The molecule has 0 amide bonds. The lowest BCUT2D eigenvalue weighted by Gasteiger charge is -2.17. The summed E-state index contributed by atoms with van der Waals surface area (Å²) in [5, 5.41) is 0. The molecule has 0 aromatic heterocycles. The zero-order valence-corrected chi connectivity index (χ0v) is 12.1. The third-order valence-electron chi connectivity index (χ3n) is 3.33. The smallest absolute Gasteiger partial charge is 0.129 e. The van der Waals surface area contributed by atoms with E-state index in [2.05, 4.69) is 44.0 Å². The van der Waals surface area contributed by atoms with E-state index in [4.69, 9.17) is 0 Å². The molecule has 0 atom stereocenters. The topological polar surface area (TPSA) is 20.3 Å². The highest BCUT2D eigenvalue weighted by molar-refractivity contribution is 5.75. The van der Waals surface area contributed by atoms with E-state index in [1.807, 2.05) is 0 Å². The van der Waals surface area contributed by atoms with Gasteiger partial charge in [0.25, 0.3) is 0 Å². The predicted octanol–water partition coefficient (Wildman–Crippen LogP) is 3.15. The van der Waals surface area contributed by atoms with Crippen LogP contribution >= 0.6 is 0 Å². The maximum Gasteiger partial charge on any atom is 0.129 e. The Balaban J connectivity index is 2.33. The predicted molar refractivity (Wildman–Crippen MR) is 77.0 cm³/mol. The number of ketones is 1. The van der Waals surface area contributed by atoms with Gasteiger partial charge in [-0.3, -0.25) is 0 Å². The number of aryl methyl sites for hydroxylation is 2. The molecule has 1 aromatic carbocycles. The van der Waals surface area contributed by atoms with E-state index < -0.39 is 0 Å². The van der Waals surface area contributed by atoms with E-state index in [1.54, 1.807) is 6.92 Å². The first-order chi connectivity index (χ1) is 8.49. The number of hydrogen-bond acceptors (Lipinski definition) is 2. The molecule has 0 fully saturated rings. The van der Waals surface area contributed by atoms with Crippen LogP contribution in [0.3, 0.4) is 0 Å². The van der Waals surface area contributed by atoms with E-state index in [0.717, 1.165) is 25.9 Å². The fraction of sp³-hybridized carbons (Fsp3) is 0.562. The summed E-state index contributed by atoms with van der Waals surface area (Å²) in [4.78, 5) is 13.2. The van der Waals surface area contributed by atoms with Crippen LogP contribution in [-0.4, -0.2) is 30.8 Å². The van der Waals surface area contributed by atoms with Crippen molar-refractivity contribution in [2.75, 3.05) is 20.1 Å². The molecule has 0 saturated carbocycles. The van der Waals surface area contributed by atoms with Crippen LogP contribution in [0, 0.1) is 13.8 Å². The van der Waals surface area contributed by atoms with Crippen molar-refractivity contribution in [2.24, 2.45) is 0 Å². The van der Waals surface area contributed by atoms with Crippen LogP contribution in [0.25, 0.3) is 0 Å². The molecule has 0 radical (unpaired) electrons. The Morgan fingerprint density at radius 1 is 1.22 bits per heavy atom. The molecule has 0 spiro atoms. The molecule has 0 bridgehead atoms. The van der Waals surface area contributed by atoms with Gasteiger partial charge in [-0.15, -0.1) is 0 Å². The second-order valence-corrected chi connectivity index (χ2v) is 5.29. The molecule has 1 rings (SSSR count). The van der Waals surface area contributed by atoms with Gasteiger partial charge in [-0.05, 0) is 58.3 Å². The number of likely N-dealkylation sites (N-methyl/N-ethyl adjacent to an activating group) is 1. The fourth-order valence-corrected chi connectivity index (χ4v) is 2.15. The summed E-state index contributed by atoms with van der Waals surface area (Å²) in [5.74, 6) is 0.290. The average molecular weight is 247 g/mol. The summed E-state index contributed by atoms with van der Waals surface area (Å²) in [5.41, 5.74) is 4.14. The molecule has 2 heteroatoms. The average Bonchev–Trinajstić information content (AvgIpc) is 2.27. The standard InChI is InChI=1S/C16H25NO/c1-13-7-8-16(14(2)12-13)9-11-17(4)10-5-6-15(3)18/h7-8,12H,5-6,9-11H2,1-4H3. The SMILES string of the molecule is CC(=O)CCCN(C)CCc1ccc(C)cc1C. The third-order valence-corrected chi connectivity index (χ3v) is 3.33. The molecule has 0 N–H and O–H groups in total. The van der Waals surface area contributed by atoms with Crippen LogP contribution in [0.5, 0.6) is 0 Å². The molecular weight excluding hydrogens is 222 g/mol. The molecule has 100 valence electrons. The van der Waals surface area contributed by atoms with E-state index in [0.29, 0.717) is 6.42 Å². The number of nitrogens with zero attached hydrogens (tertiary/aromatic N) is 1. The quantitative estimate of drug-likeness (QED) is 0.737. The van der Waals surface area contributed by atoms with Crippen LogP contribution in [-0.2, 0) is 11.2 Å². The molecule has 0 heterocycles. The van der Waals surface area contributed by atoms with Crippen LogP contribution < -0.4 is 0 Å². The number of hydrogen-bond donors (Lipinski definition) is 0. The van der Waals surface area contributed by atoms with Gasteiger partial charge in [0.05, 0.1) is 0 Å². The highest BCUT2D eigenvalue weighted by Gasteiger charge is 2.03. The maximum atomic E-state index is 10.9. The van der Waals surface area contributed by atoms with Crippen LogP contribution in [0.1, 0.15) is 36.5 Å². The zero-order valence-electron chi connectivity index (χ0n) is 12.1. The van der Waals surface area contributed by atoms with Gasteiger partial charge < -0.3 is 9.69 Å². The first-order valence-corrected chi connectivity index (χ1v) is 6.73. The summed E-state index contributed by atoms with van der Waals surface area (Å²) >= 11 is 0. The largest absolute Gasteiger partial charge is 0.306 e. The molecule has 18 heavy (non-hydrogen) atoms. The summed E-state index contributed by atoms with van der Waals surface area (Å²) < 4.78 is 0. The number of rotatable bonds is 7. The zero-order chi connectivity index (χ0) is 13.5. The molecule has 0 aliphatic carbocycles. The fourth-order valence-electron chi connectivity index (χ4n) is 2.15. The first-order valence-electron chi connectivity index (χ1n) is 6.73. The Morgan fingerprint density at radius 2 is 1.94 bits per heavy atom. The van der Waals surface area contributed by atoms with Gasteiger partial charge >= 0.3 is 0 Å². The van der Waals surface area contributed by atoms with Gasteiger partial charge in [-0.25, -0.2) is 0 Å². The molecule has 0 unspecified atom stereocenters. The van der Waals surface area contributed by atoms with Gasteiger partial charge in [0, 0.05) is 13.0 Å². The van der Waals surface area contributed by atoms with Crippen molar-refractivity contribution in [1.82, 2.24) is 4.90 Å². The molecule has 2 nitrogen and oxygen atoms in total. The molecule has 1 aromatic rings. The van der Waals surface area contributed by atoms with Gasteiger partial charge in [0.1, 0.15) is 5.78 Å². The Hall–Kier alpha value is -1.15. The Kier molecular flexibility index (Phi) is 6.06. The number of carbonyl (C=O) groups excluding carboxylic acids is 1. The monoisotopic (exact) mass is 247 g/mol. The minimum atomic E-state index is 0.290. The number of benzene rings is 1. The van der Waals surface area contributed by atoms with Crippen molar-refractivity contribution in [3.8, 4) is 0 Å². The van der Waals surface area contributed by atoms with Crippen molar-refractivity contribution in [2.45, 2.75) is 40.0 Å². The summed E-state index contributed by atoms with van der Waals surface area (Å²) in [6.07, 6.45) is 2.76. The van der Waals surface area contributed by atoms with Gasteiger partial charge in [-0.2, -0.15) is 0 Å². The van der Waals surface area contributed by atoms with Crippen molar-refractivity contribution in [1.29, 1.82) is 0 Å². The van der Waals surface area contributed by atoms with Crippen molar-refractivity contribution >= 4 is 5.78 Å². The van der Waals surface area contributed by atoms with Crippen LogP contribution in [0.15, 0.2) is 18.2 Å². The highest BCUT2D eigenvalue weighted by atomic mass is 16.1. The molecule has 0 saturated heterocycles. The van der Waals surface area contributed by atoms with E-state index in [-0.39, 0.29) is 5.78 Å². The van der Waals surface area contributed by atoms with Crippen molar-refractivity contribution in [3.05, 3.63) is 34.9 Å². The lowest BCUT2D eigenvalue weighted by molar-refractivity contribution is -0.117. The van der Waals surface area contributed by atoms with Crippen molar-refractivity contribution < 1.29 is 4.79 Å². The second kappa shape index (κ2) is 7.32. The van der Waals surface area contributed by atoms with Gasteiger partial charge in [-0.1, -0.05) is 23.8 Å². The van der Waals surface area contributed by atoms with Crippen molar-refractivity contribution in [3.63, 3.8) is 0 Å². The first kappa shape index (κ1) is 14.9. The van der Waals surface area contributed by atoms with Gasteiger partial charge in [0.15, 0.2) is 0 Å². The maximum absolute atomic E-state index is 10.9. The molecular formula is C16H25NO. The number of Topliss-reactive ketones (excluding diaryl/α,β-unsaturated/α-hetero) is 1. The normalized spacial score (nSPS) is 10.9. The molecule has 0 aliphatic rings. The summed E-state index contributed by atoms with van der Waals surface area (Å²) in [6.45, 7) is 8.03. The Labute approximate surface area is 111 Å². The summed E-state index contributed by atoms with van der Waals surface area (Å²) in [7, 11) is 2.13. The molecule has 0 aliphatic heterocycles. The minimum Gasteiger partial charge on any atom is -0.306 e. The van der Waals surface area contributed by atoms with E-state index in [1.165, 1.54) is 16.7 Å². The lowest BCUT2D eigenvalue weighted by atomic mass is 10.0. The highest BCUT2D eigenvalue weighted by Crippen LogP contribution is 2.11. The minimum absolute atomic E-state index is 0.290. The Bertz CT molecular complexity index is 398. The summed E-state index contributed by atoms with van der Waals surface area (Å²) in [6, 6.07) is 6.65. The lowest BCUT2D eigenvalue weighted by Crippen LogP contribution is -2.23. The van der Waals surface area contributed by atoms with Crippen LogP contribution in [0.4, 0.5) is 0 Å². The Morgan fingerprint density at radius 3 is 2.56 bits per heavy atom. The van der Waals surface area contributed by atoms with E-state index in [9.17, 15) is 4.79 Å². The second-order valence-electron chi connectivity index (χ2n) is 5.29. The third kappa shape index (κ3) is 5.46.